The van der Waals surface area contributed by atoms with E-state index >= 15 is 0 Å². The summed E-state index contributed by atoms with van der Waals surface area (Å²) in [4.78, 5) is 37.9. The molecule has 2 atom stereocenters. The van der Waals surface area contributed by atoms with Crippen molar-refractivity contribution in [1.29, 1.82) is 0 Å². The maximum Gasteiger partial charge on any atom is 0.224 e. The number of hydrogen-bond donors (Lipinski definition) is 0. The van der Waals surface area contributed by atoms with Crippen molar-refractivity contribution < 1.29 is 9.59 Å². The minimum Gasteiger partial charge on any atom is -0.337 e. The topological polar surface area (TPSA) is 61.7 Å². The van der Waals surface area contributed by atoms with Crippen molar-refractivity contribution in [3.8, 4) is 0 Å². The van der Waals surface area contributed by atoms with Crippen molar-refractivity contribution in [2.45, 2.75) is 96.8 Å². The van der Waals surface area contributed by atoms with Crippen LogP contribution in [0, 0.1) is 5.92 Å². The van der Waals surface area contributed by atoms with E-state index in [9.17, 15) is 9.59 Å². The fourth-order valence-electron chi connectivity index (χ4n) is 6.35. The van der Waals surface area contributed by atoms with E-state index in [1.165, 1.54) is 25.7 Å². The Morgan fingerprint density at radius 1 is 1.05 bits per heavy atom. The summed E-state index contributed by atoms with van der Waals surface area (Å²) in [5, 5.41) is 0. The van der Waals surface area contributed by atoms with Gasteiger partial charge in [0.1, 0.15) is 5.82 Å². The molecule has 0 radical (unpaired) electrons. The Morgan fingerprint density at radius 3 is 2.59 bits per heavy atom. The zero-order chi connectivity index (χ0) is 25.9. The number of aromatic nitrogens is 2. The molecule has 2 aliphatic heterocycles. The van der Waals surface area contributed by atoms with Gasteiger partial charge in [-0.15, -0.1) is 0 Å². The summed E-state index contributed by atoms with van der Waals surface area (Å²) in [7, 11) is 0. The van der Waals surface area contributed by atoms with Gasteiger partial charge < -0.3 is 14.4 Å². The number of nitrogens with zero attached hydrogens (tertiary/aromatic N) is 5. The highest BCUT2D eigenvalue weighted by Crippen LogP contribution is 2.36. The Hall–Kier alpha value is -2.67. The van der Waals surface area contributed by atoms with Gasteiger partial charge in [-0.1, -0.05) is 38.5 Å². The van der Waals surface area contributed by atoms with Crippen LogP contribution in [0.25, 0.3) is 0 Å². The van der Waals surface area contributed by atoms with Crippen LogP contribution in [0.1, 0.15) is 83.0 Å². The third kappa shape index (κ3) is 6.08. The van der Waals surface area contributed by atoms with Gasteiger partial charge >= 0.3 is 0 Å². The molecule has 2 fully saturated rings. The third-order valence-corrected chi connectivity index (χ3v) is 8.50. The molecule has 5 rings (SSSR count). The molecule has 0 N–H and O–H groups in total. The number of amides is 2. The molecule has 2 aromatic rings. The van der Waals surface area contributed by atoms with Crippen LogP contribution in [-0.2, 0) is 22.7 Å². The van der Waals surface area contributed by atoms with Gasteiger partial charge in [-0.3, -0.25) is 14.5 Å². The highest BCUT2D eigenvalue weighted by atomic mass is 16.2. The van der Waals surface area contributed by atoms with Gasteiger partial charge in [0.25, 0.3) is 0 Å². The average molecular weight is 506 g/mol. The number of piperidine rings is 1. The molecule has 2 amide bonds. The van der Waals surface area contributed by atoms with Gasteiger partial charge in [0.15, 0.2) is 0 Å². The molecule has 1 aliphatic carbocycles. The first kappa shape index (κ1) is 26.0. The lowest BCUT2D eigenvalue weighted by atomic mass is 9.92. The molecule has 2 bridgehead atoms. The van der Waals surface area contributed by atoms with Crippen LogP contribution in [0.3, 0.4) is 0 Å². The smallest absolute Gasteiger partial charge is 0.224 e. The summed E-state index contributed by atoms with van der Waals surface area (Å²) in [6.45, 7) is 9.76. The van der Waals surface area contributed by atoms with E-state index in [2.05, 4.69) is 39.3 Å². The van der Waals surface area contributed by atoms with Crippen LogP contribution < -0.4 is 4.90 Å². The van der Waals surface area contributed by atoms with Crippen LogP contribution in [0.5, 0.6) is 0 Å². The lowest BCUT2D eigenvalue weighted by molar-refractivity contribution is -0.133. The van der Waals surface area contributed by atoms with Gasteiger partial charge in [0.05, 0.1) is 0 Å². The molecule has 3 heterocycles. The Morgan fingerprint density at radius 2 is 1.84 bits per heavy atom. The quantitative estimate of drug-likeness (QED) is 0.565. The van der Waals surface area contributed by atoms with Crippen molar-refractivity contribution >= 4 is 17.5 Å². The molecule has 1 aromatic carbocycles. The first-order valence-corrected chi connectivity index (χ1v) is 14.3. The molecule has 2 unspecified atom stereocenters. The van der Waals surface area contributed by atoms with Gasteiger partial charge in [-0.25, -0.2) is 4.98 Å². The second-order valence-electron chi connectivity index (χ2n) is 11.6. The maximum absolute atomic E-state index is 13.8. The van der Waals surface area contributed by atoms with E-state index in [0.29, 0.717) is 37.5 Å². The predicted octanol–water partition coefficient (Wildman–Crippen LogP) is 4.82. The molecule has 37 heavy (non-hydrogen) atoms. The average Bonchev–Trinajstić information content (AvgIpc) is 3.56. The van der Waals surface area contributed by atoms with Crippen molar-refractivity contribution in [3.63, 3.8) is 0 Å². The largest absolute Gasteiger partial charge is 0.337 e. The minimum atomic E-state index is 0.0759. The molecule has 7 nitrogen and oxygen atoms in total. The van der Waals surface area contributed by atoms with Crippen molar-refractivity contribution in [2.75, 3.05) is 24.5 Å². The minimum absolute atomic E-state index is 0.0759. The van der Waals surface area contributed by atoms with Crippen LogP contribution in [0.15, 0.2) is 36.7 Å². The second-order valence-corrected chi connectivity index (χ2v) is 11.6. The Bertz CT molecular complexity index is 1090. The molecule has 1 saturated carbocycles. The van der Waals surface area contributed by atoms with E-state index in [1.807, 2.05) is 35.5 Å². The first-order valence-electron chi connectivity index (χ1n) is 14.3. The number of anilines is 1. The number of aryl methyl sites for hydroxylation is 1. The molecular weight excluding hydrogens is 462 g/mol. The summed E-state index contributed by atoms with van der Waals surface area (Å²) < 4.78 is 2.12. The van der Waals surface area contributed by atoms with Crippen LogP contribution in [0.2, 0.25) is 0 Å². The van der Waals surface area contributed by atoms with E-state index < -0.39 is 0 Å². The number of benzene rings is 1. The normalized spacial score (nSPS) is 23.0. The zero-order valence-corrected chi connectivity index (χ0v) is 22.8. The summed E-state index contributed by atoms with van der Waals surface area (Å²) in [6.07, 6.45) is 11.4. The fourth-order valence-corrected chi connectivity index (χ4v) is 6.35. The third-order valence-electron chi connectivity index (χ3n) is 8.50. The van der Waals surface area contributed by atoms with Crippen LogP contribution in [-0.4, -0.2) is 62.9 Å². The number of carbonyl (C=O) groups excluding carboxylic acids is 2. The van der Waals surface area contributed by atoms with Gasteiger partial charge in [-0.05, 0) is 49.7 Å². The standard InChI is InChI=1S/C30H43N5O2/c1-22(2)30-31-15-18-32(30)16-14-29(37)33-20-25-7-4-5-10-28(25)34(23(3)36)17-13-26-8-6-9-27(21-33)35(26)19-24-11-12-24/h4-5,7,10,15,18,22,24,26-27H,6,8-9,11-14,16-17,19-21H2,1-3H3. The Kier molecular flexibility index (Phi) is 7.98. The van der Waals surface area contributed by atoms with Crippen molar-refractivity contribution in [3.05, 3.63) is 48.0 Å². The number of rotatable bonds is 6. The molecule has 200 valence electrons. The number of hydrogen-bond acceptors (Lipinski definition) is 4. The second kappa shape index (κ2) is 11.4. The highest BCUT2D eigenvalue weighted by Gasteiger charge is 2.37. The number of para-hydroxylation sites is 1. The van der Waals surface area contributed by atoms with Gasteiger partial charge in [-0.2, -0.15) is 0 Å². The predicted molar refractivity (Wildman–Crippen MR) is 146 cm³/mol. The summed E-state index contributed by atoms with van der Waals surface area (Å²) in [5.74, 6) is 2.40. The fraction of sp³-hybridized carbons (Fsp3) is 0.633. The number of fused-ring (bicyclic) bond motifs is 3. The number of imidazole rings is 1. The monoisotopic (exact) mass is 505 g/mol. The molecule has 3 aliphatic rings. The van der Waals surface area contributed by atoms with Gasteiger partial charge in [0.2, 0.25) is 11.8 Å². The first-order chi connectivity index (χ1) is 17.9. The lowest BCUT2D eigenvalue weighted by Gasteiger charge is -2.44. The van der Waals surface area contributed by atoms with Crippen molar-refractivity contribution in [1.82, 2.24) is 19.4 Å². The van der Waals surface area contributed by atoms with E-state index in [0.717, 1.165) is 55.5 Å². The lowest BCUT2D eigenvalue weighted by Crippen LogP contribution is -2.53. The molecule has 1 saturated heterocycles. The summed E-state index contributed by atoms with van der Waals surface area (Å²) >= 11 is 0. The van der Waals surface area contributed by atoms with E-state index in [1.54, 1.807) is 6.92 Å². The van der Waals surface area contributed by atoms with Crippen LogP contribution in [0.4, 0.5) is 5.69 Å². The zero-order valence-electron chi connectivity index (χ0n) is 22.8. The number of carbonyl (C=O) groups is 2. The molecular formula is C30H43N5O2. The SMILES string of the molecule is CC(=O)N1CCC2CCCC(CN(C(=O)CCn3ccnc3C(C)C)Cc3ccccc31)N2CC1CC1. The van der Waals surface area contributed by atoms with E-state index in [-0.39, 0.29) is 11.8 Å². The summed E-state index contributed by atoms with van der Waals surface area (Å²) in [5.41, 5.74) is 2.01. The van der Waals surface area contributed by atoms with E-state index in [4.69, 9.17) is 0 Å². The summed E-state index contributed by atoms with van der Waals surface area (Å²) in [6, 6.07) is 9.03. The molecule has 7 heteroatoms. The van der Waals surface area contributed by atoms with Crippen LogP contribution >= 0.6 is 0 Å². The highest BCUT2D eigenvalue weighted by molar-refractivity contribution is 5.92. The molecule has 0 spiro atoms. The Labute approximate surface area is 221 Å². The maximum atomic E-state index is 13.8. The van der Waals surface area contributed by atoms with Gasteiger partial charge in [0, 0.05) is 82.2 Å². The Balaban J connectivity index is 1.44. The molecule has 1 aromatic heterocycles. The van der Waals surface area contributed by atoms with Crippen molar-refractivity contribution in [2.24, 2.45) is 5.92 Å².